The van der Waals surface area contributed by atoms with Crippen molar-refractivity contribution in [3.05, 3.63) is 35.9 Å². The fourth-order valence-electron chi connectivity index (χ4n) is 3.50. The molecule has 162 valence electrons. The number of esters is 2. The molecule has 0 radical (unpaired) electrons. The Morgan fingerprint density at radius 3 is 2.34 bits per heavy atom. The number of ether oxygens (including phenoxy) is 3. The first-order chi connectivity index (χ1) is 14.2. The molecule has 1 aromatic carbocycles. The van der Waals surface area contributed by atoms with Gasteiger partial charge in [0.05, 0.1) is 25.9 Å². The number of carbonyl (C=O) groups is 2. The summed E-state index contributed by atoms with van der Waals surface area (Å²) < 4.78 is 15.9. The van der Waals surface area contributed by atoms with Crippen LogP contribution in [0.15, 0.2) is 30.3 Å². The Hall–Kier alpha value is -1.92. The van der Waals surface area contributed by atoms with E-state index in [1.54, 1.807) is 12.1 Å². The maximum Gasteiger partial charge on any atom is 0.338 e. The van der Waals surface area contributed by atoms with Crippen molar-refractivity contribution in [1.82, 2.24) is 4.90 Å². The van der Waals surface area contributed by atoms with Crippen molar-refractivity contribution in [2.24, 2.45) is 0 Å². The van der Waals surface area contributed by atoms with Gasteiger partial charge < -0.3 is 14.2 Å². The minimum absolute atomic E-state index is 0.0971. The van der Waals surface area contributed by atoms with Gasteiger partial charge in [-0.15, -0.1) is 0 Å². The van der Waals surface area contributed by atoms with Gasteiger partial charge in [-0.25, -0.2) is 4.79 Å². The van der Waals surface area contributed by atoms with Gasteiger partial charge in [-0.2, -0.15) is 0 Å². The van der Waals surface area contributed by atoms with Crippen molar-refractivity contribution in [3.63, 3.8) is 0 Å². The molecule has 1 saturated heterocycles. The standard InChI is InChI=1S/C23H35NO5/c1-27-22(25)14-10-5-3-2-4-9-13-21(19-24-15-17-28-18-16-24)29-23(26)20-11-7-6-8-12-20/h6-8,11-12,21H,2-5,9-10,13-19H2,1H3. The third-order valence-electron chi connectivity index (χ3n) is 5.23. The van der Waals surface area contributed by atoms with Gasteiger partial charge in [0.2, 0.25) is 0 Å². The van der Waals surface area contributed by atoms with Gasteiger partial charge in [-0.1, -0.05) is 43.9 Å². The highest BCUT2D eigenvalue weighted by Gasteiger charge is 2.20. The molecule has 1 aliphatic rings. The highest BCUT2D eigenvalue weighted by molar-refractivity contribution is 5.89. The van der Waals surface area contributed by atoms with Crippen LogP contribution in [-0.2, 0) is 19.0 Å². The summed E-state index contributed by atoms with van der Waals surface area (Å²) in [6.07, 6.45) is 7.63. The van der Waals surface area contributed by atoms with Gasteiger partial charge in [-0.3, -0.25) is 9.69 Å². The molecule has 6 heteroatoms. The largest absolute Gasteiger partial charge is 0.469 e. The summed E-state index contributed by atoms with van der Waals surface area (Å²) >= 11 is 0. The Morgan fingerprint density at radius 2 is 1.66 bits per heavy atom. The number of benzene rings is 1. The quantitative estimate of drug-likeness (QED) is 0.367. The average molecular weight is 406 g/mol. The summed E-state index contributed by atoms with van der Waals surface area (Å²) in [6.45, 7) is 4.02. The molecule has 1 atom stereocenters. The fraction of sp³-hybridized carbons (Fsp3) is 0.652. The molecule has 1 unspecified atom stereocenters. The molecule has 1 fully saturated rings. The molecule has 0 spiro atoms. The fourth-order valence-corrected chi connectivity index (χ4v) is 3.50. The van der Waals surface area contributed by atoms with E-state index >= 15 is 0 Å². The summed E-state index contributed by atoms with van der Waals surface area (Å²) in [6, 6.07) is 9.19. The second-order valence-electron chi connectivity index (χ2n) is 7.54. The SMILES string of the molecule is COC(=O)CCCCCCCCC(CN1CCOCC1)OC(=O)c1ccccc1. The predicted octanol–water partition coefficient (Wildman–Crippen LogP) is 3.84. The third-order valence-corrected chi connectivity index (χ3v) is 5.23. The second kappa shape index (κ2) is 14.1. The minimum Gasteiger partial charge on any atom is -0.469 e. The van der Waals surface area contributed by atoms with Crippen LogP contribution in [-0.4, -0.2) is 62.9 Å². The molecule has 0 N–H and O–H groups in total. The maximum absolute atomic E-state index is 12.5. The van der Waals surface area contributed by atoms with Crippen molar-refractivity contribution in [2.45, 2.75) is 57.5 Å². The van der Waals surface area contributed by atoms with Gasteiger partial charge in [0.15, 0.2) is 0 Å². The lowest BCUT2D eigenvalue weighted by Gasteiger charge is -2.30. The van der Waals surface area contributed by atoms with Crippen molar-refractivity contribution in [1.29, 1.82) is 0 Å². The van der Waals surface area contributed by atoms with Crippen LogP contribution >= 0.6 is 0 Å². The van der Waals surface area contributed by atoms with Crippen LogP contribution in [0.2, 0.25) is 0 Å². The Bertz CT molecular complexity index is 586. The maximum atomic E-state index is 12.5. The molecule has 1 aliphatic heterocycles. The molecule has 0 bridgehead atoms. The molecule has 2 rings (SSSR count). The Balaban J connectivity index is 1.70. The number of nitrogens with zero attached hydrogens (tertiary/aromatic N) is 1. The molecule has 0 amide bonds. The number of methoxy groups -OCH3 is 1. The zero-order valence-corrected chi connectivity index (χ0v) is 17.6. The number of carbonyl (C=O) groups excluding carboxylic acids is 2. The first-order valence-electron chi connectivity index (χ1n) is 10.8. The molecule has 0 aromatic heterocycles. The molecule has 1 aromatic rings. The number of hydrogen-bond donors (Lipinski definition) is 0. The number of morpholine rings is 1. The van der Waals surface area contributed by atoms with Crippen LogP contribution in [0.3, 0.4) is 0 Å². The lowest BCUT2D eigenvalue weighted by molar-refractivity contribution is -0.140. The first-order valence-corrected chi connectivity index (χ1v) is 10.8. The topological polar surface area (TPSA) is 65.1 Å². The summed E-state index contributed by atoms with van der Waals surface area (Å²) in [7, 11) is 1.43. The van der Waals surface area contributed by atoms with E-state index in [9.17, 15) is 9.59 Å². The van der Waals surface area contributed by atoms with E-state index in [1.807, 2.05) is 18.2 Å². The van der Waals surface area contributed by atoms with Crippen LogP contribution in [0.1, 0.15) is 61.7 Å². The predicted molar refractivity (Wildman–Crippen MR) is 112 cm³/mol. The van der Waals surface area contributed by atoms with Crippen LogP contribution in [0, 0.1) is 0 Å². The summed E-state index contributed by atoms with van der Waals surface area (Å²) in [5.41, 5.74) is 0.602. The monoisotopic (exact) mass is 405 g/mol. The minimum atomic E-state index is -0.244. The smallest absolute Gasteiger partial charge is 0.338 e. The molecular weight excluding hydrogens is 370 g/mol. The molecular formula is C23H35NO5. The van der Waals surface area contributed by atoms with Crippen molar-refractivity contribution < 1.29 is 23.8 Å². The van der Waals surface area contributed by atoms with Crippen LogP contribution in [0.5, 0.6) is 0 Å². The molecule has 0 saturated carbocycles. The van der Waals surface area contributed by atoms with Gasteiger partial charge in [0.25, 0.3) is 0 Å². The van der Waals surface area contributed by atoms with Crippen LogP contribution in [0.25, 0.3) is 0 Å². The summed E-state index contributed by atoms with van der Waals surface area (Å²) in [5.74, 6) is -0.372. The zero-order valence-electron chi connectivity index (χ0n) is 17.6. The van der Waals surface area contributed by atoms with E-state index in [4.69, 9.17) is 9.47 Å². The second-order valence-corrected chi connectivity index (χ2v) is 7.54. The normalized spacial score (nSPS) is 15.6. The van der Waals surface area contributed by atoms with E-state index in [-0.39, 0.29) is 18.0 Å². The van der Waals surface area contributed by atoms with Gasteiger partial charge in [0, 0.05) is 26.1 Å². The first kappa shape index (κ1) is 23.4. The Labute approximate surface area is 174 Å². The number of unbranched alkanes of at least 4 members (excludes halogenated alkanes) is 5. The highest BCUT2D eigenvalue weighted by atomic mass is 16.5. The van der Waals surface area contributed by atoms with Crippen molar-refractivity contribution >= 4 is 11.9 Å². The summed E-state index contributed by atoms with van der Waals surface area (Å²) in [5, 5.41) is 0. The van der Waals surface area contributed by atoms with E-state index in [1.165, 1.54) is 7.11 Å². The Kier molecular flexibility index (Phi) is 11.4. The van der Waals surface area contributed by atoms with Gasteiger partial charge in [-0.05, 0) is 31.4 Å². The van der Waals surface area contributed by atoms with Crippen molar-refractivity contribution in [3.8, 4) is 0 Å². The van der Waals surface area contributed by atoms with Gasteiger partial charge in [0.1, 0.15) is 6.10 Å². The average Bonchev–Trinajstić information content (AvgIpc) is 2.76. The van der Waals surface area contributed by atoms with Crippen LogP contribution in [0.4, 0.5) is 0 Å². The van der Waals surface area contributed by atoms with E-state index in [0.29, 0.717) is 12.0 Å². The number of rotatable bonds is 13. The van der Waals surface area contributed by atoms with Crippen molar-refractivity contribution in [2.75, 3.05) is 40.0 Å². The zero-order chi connectivity index (χ0) is 20.7. The highest BCUT2D eigenvalue weighted by Crippen LogP contribution is 2.15. The Morgan fingerprint density at radius 1 is 1.00 bits per heavy atom. The third kappa shape index (κ3) is 9.90. The molecule has 6 nitrogen and oxygen atoms in total. The summed E-state index contributed by atoms with van der Waals surface area (Å²) in [4.78, 5) is 25.9. The van der Waals surface area contributed by atoms with E-state index < -0.39 is 0 Å². The number of hydrogen-bond acceptors (Lipinski definition) is 6. The van der Waals surface area contributed by atoms with Crippen LogP contribution < -0.4 is 0 Å². The van der Waals surface area contributed by atoms with Gasteiger partial charge >= 0.3 is 11.9 Å². The van der Waals surface area contributed by atoms with E-state index in [2.05, 4.69) is 9.64 Å². The lowest BCUT2D eigenvalue weighted by atomic mass is 10.1. The molecule has 29 heavy (non-hydrogen) atoms. The molecule has 1 heterocycles. The molecule has 0 aliphatic carbocycles. The van der Waals surface area contributed by atoms with E-state index in [0.717, 1.165) is 77.8 Å². The lowest BCUT2D eigenvalue weighted by Crippen LogP contribution is -2.42.